The standard InChI is InChI=1S/C10H10O3/c1-9-4-3-6-5-7(9)8(11)13-10(9,2)12-6/h3-6H,1-2H3. The number of hydrogen-bond donors (Lipinski definition) is 0. The van der Waals surface area contributed by atoms with E-state index < -0.39 is 11.2 Å². The van der Waals surface area contributed by atoms with Crippen molar-refractivity contribution in [1.82, 2.24) is 0 Å². The van der Waals surface area contributed by atoms with Gasteiger partial charge in [0.05, 0.1) is 17.1 Å². The quantitative estimate of drug-likeness (QED) is 0.412. The molecule has 3 atom stereocenters. The second-order valence-electron chi connectivity index (χ2n) is 4.06. The van der Waals surface area contributed by atoms with Crippen LogP contribution in [0.25, 0.3) is 0 Å². The molecule has 0 saturated carbocycles. The van der Waals surface area contributed by atoms with Gasteiger partial charge in [-0.2, -0.15) is 0 Å². The SMILES string of the molecule is CC12OC(=O)C3=CC(C=CC31C)O2. The van der Waals surface area contributed by atoms with Gasteiger partial charge in [-0.3, -0.25) is 0 Å². The predicted molar refractivity (Wildman–Crippen MR) is 44.7 cm³/mol. The molecule has 13 heavy (non-hydrogen) atoms. The average molecular weight is 178 g/mol. The molecule has 3 nitrogen and oxygen atoms in total. The molecule has 4 rings (SSSR count). The summed E-state index contributed by atoms with van der Waals surface area (Å²) in [6.07, 6.45) is 5.74. The van der Waals surface area contributed by atoms with Gasteiger partial charge in [0.2, 0.25) is 5.79 Å². The molecule has 4 aliphatic rings. The largest absolute Gasteiger partial charge is 0.429 e. The molecule has 1 aliphatic carbocycles. The van der Waals surface area contributed by atoms with Gasteiger partial charge in [-0.05, 0) is 13.0 Å². The Morgan fingerprint density at radius 1 is 1.46 bits per heavy atom. The molecule has 3 aliphatic heterocycles. The molecule has 0 aromatic rings. The minimum Gasteiger partial charge on any atom is -0.429 e. The van der Waals surface area contributed by atoms with Crippen LogP contribution in [0.4, 0.5) is 0 Å². The maximum atomic E-state index is 11.5. The van der Waals surface area contributed by atoms with Crippen LogP contribution in [0, 0.1) is 5.41 Å². The van der Waals surface area contributed by atoms with Crippen LogP contribution in [0.3, 0.4) is 0 Å². The van der Waals surface area contributed by atoms with Crippen molar-refractivity contribution in [2.24, 2.45) is 5.41 Å². The van der Waals surface area contributed by atoms with E-state index in [4.69, 9.17) is 9.47 Å². The smallest absolute Gasteiger partial charge is 0.337 e. The fourth-order valence-electron chi connectivity index (χ4n) is 2.26. The van der Waals surface area contributed by atoms with E-state index in [0.29, 0.717) is 0 Å². The van der Waals surface area contributed by atoms with E-state index in [0.717, 1.165) is 5.57 Å². The van der Waals surface area contributed by atoms with Crippen LogP contribution in [-0.2, 0) is 14.3 Å². The fraction of sp³-hybridized carbons (Fsp3) is 0.500. The van der Waals surface area contributed by atoms with Gasteiger partial charge in [-0.15, -0.1) is 0 Å². The number of hydrogen-bond acceptors (Lipinski definition) is 3. The zero-order valence-corrected chi connectivity index (χ0v) is 7.53. The van der Waals surface area contributed by atoms with E-state index in [-0.39, 0.29) is 12.1 Å². The Labute approximate surface area is 76.0 Å². The highest BCUT2D eigenvalue weighted by atomic mass is 16.7. The molecule has 0 N–H and O–H groups in total. The predicted octanol–water partition coefficient (Wildman–Crippen LogP) is 1.16. The monoisotopic (exact) mass is 178 g/mol. The Hall–Kier alpha value is -1.09. The first-order valence-corrected chi connectivity index (χ1v) is 4.38. The molecule has 0 aromatic carbocycles. The van der Waals surface area contributed by atoms with Crippen molar-refractivity contribution in [3.63, 3.8) is 0 Å². The highest BCUT2D eigenvalue weighted by Gasteiger charge is 2.63. The van der Waals surface area contributed by atoms with Crippen molar-refractivity contribution >= 4 is 5.97 Å². The molecule has 68 valence electrons. The van der Waals surface area contributed by atoms with Crippen molar-refractivity contribution in [2.45, 2.75) is 25.7 Å². The van der Waals surface area contributed by atoms with Gasteiger partial charge in [0, 0.05) is 6.92 Å². The zero-order chi connectivity index (χ0) is 9.27. The summed E-state index contributed by atoms with van der Waals surface area (Å²) in [5.41, 5.74) is 0.354. The van der Waals surface area contributed by atoms with E-state index in [1.807, 2.05) is 32.1 Å². The van der Waals surface area contributed by atoms with Crippen LogP contribution in [0.2, 0.25) is 0 Å². The Morgan fingerprint density at radius 2 is 2.23 bits per heavy atom. The van der Waals surface area contributed by atoms with E-state index >= 15 is 0 Å². The maximum Gasteiger partial charge on any atom is 0.337 e. The van der Waals surface area contributed by atoms with Gasteiger partial charge in [0.1, 0.15) is 0 Å². The number of esters is 1. The van der Waals surface area contributed by atoms with Gasteiger partial charge in [-0.25, -0.2) is 4.79 Å². The van der Waals surface area contributed by atoms with Crippen molar-refractivity contribution in [3.05, 3.63) is 23.8 Å². The van der Waals surface area contributed by atoms with Crippen LogP contribution < -0.4 is 0 Å². The molecular formula is C10H10O3. The topological polar surface area (TPSA) is 35.5 Å². The molecular weight excluding hydrogens is 168 g/mol. The molecule has 1 saturated heterocycles. The van der Waals surface area contributed by atoms with Gasteiger partial charge in [-0.1, -0.05) is 12.2 Å². The lowest BCUT2D eigenvalue weighted by atomic mass is 9.71. The molecule has 1 fully saturated rings. The van der Waals surface area contributed by atoms with Crippen LogP contribution in [0.1, 0.15) is 13.8 Å². The number of carbonyl (C=O) groups is 1. The van der Waals surface area contributed by atoms with Crippen molar-refractivity contribution in [2.75, 3.05) is 0 Å². The number of ether oxygens (including phenoxy) is 2. The molecule has 4 bridgehead atoms. The number of rotatable bonds is 0. The highest BCUT2D eigenvalue weighted by molar-refractivity contribution is 5.94. The lowest BCUT2D eigenvalue weighted by molar-refractivity contribution is -0.244. The van der Waals surface area contributed by atoms with Crippen molar-refractivity contribution in [3.8, 4) is 0 Å². The average Bonchev–Trinajstić information content (AvgIpc) is 2.19. The minimum absolute atomic E-state index is 0.0896. The van der Waals surface area contributed by atoms with Crippen LogP contribution in [-0.4, -0.2) is 17.9 Å². The van der Waals surface area contributed by atoms with Gasteiger partial charge in [0.15, 0.2) is 0 Å². The maximum absolute atomic E-state index is 11.5. The third-order valence-electron chi connectivity index (χ3n) is 3.32. The Balaban J connectivity index is 2.30. The van der Waals surface area contributed by atoms with E-state index in [1.54, 1.807) is 0 Å². The van der Waals surface area contributed by atoms with Crippen molar-refractivity contribution < 1.29 is 14.3 Å². The van der Waals surface area contributed by atoms with E-state index in [1.165, 1.54) is 0 Å². The summed E-state index contributed by atoms with van der Waals surface area (Å²) in [6.45, 7) is 3.79. The summed E-state index contributed by atoms with van der Waals surface area (Å²) in [6, 6.07) is 0. The molecule has 0 radical (unpaired) electrons. The minimum atomic E-state index is -0.784. The number of carbonyl (C=O) groups excluding carboxylic acids is 1. The molecule has 3 unspecified atom stereocenters. The Kier molecular flexibility index (Phi) is 0.973. The summed E-state index contributed by atoms with van der Waals surface area (Å²) in [5, 5.41) is 0. The highest BCUT2D eigenvalue weighted by Crippen LogP contribution is 2.55. The third-order valence-corrected chi connectivity index (χ3v) is 3.32. The van der Waals surface area contributed by atoms with Crippen LogP contribution >= 0.6 is 0 Å². The summed E-state index contributed by atoms with van der Waals surface area (Å²) < 4.78 is 10.9. The summed E-state index contributed by atoms with van der Waals surface area (Å²) in [5.74, 6) is -1.02. The first-order chi connectivity index (χ1) is 6.05. The van der Waals surface area contributed by atoms with Crippen LogP contribution in [0.5, 0.6) is 0 Å². The second kappa shape index (κ2) is 1.73. The van der Waals surface area contributed by atoms with Gasteiger partial charge < -0.3 is 9.47 Å². The van der Waals surface area contributed by atoms with E-state index in [9.17, 15) is 4.79 Å². The van der Waals surface area contributed by atoms with Gasteiger partial charge >= 0.3 is 5.97 Å². The normalized spacial score (nSPS) is 50.8. The Morgan fingerprint density at radius 3 is 2.85 bits per heavy atom. The van der Waals surface area contributed by atoms with Crippen molar-refractivity contribution in [1.29, 1.82) is 0 Å². The third kappa shape index (κ3) is 0.603. The lowest BCUT2D eigenvalue weighted by Crippen LogP contribution is -2.50. The summed E-state index contributed by atoms with van der Waals surface area (Å²) in [7, 11) is 0. The van der Waals surface area contributed by atoms with E-state index in [2.05, 4.69) is 0 Å². The molecule has 0 amide bonds. The first kappa shape index (κ1) is 7.33. The Bertz CT molecular complexity index is 368. The lowest BCUT2D eigenvalue weighted by Gasteiger charge is -2.44. The fourth-order valence-corrected chi connectivity index (χ4v) is 2.26. The van der Waals surface area contributed by atoms with Crippen LogP contribution in [0.15, 0.2) is 23.8 Å². The summed E-state index contributed by atoms with van der Waals surface area (Å²) >= 11 is 0. The molecule has 0 aromatic heterocycles. The second-order valence-corrected chi connectivity index (χ2v) is 4.06. The zero-order valence-electron chi connectivity index (χ0n) is 7.53. The molecule has 3 heteroatoms. The molecule has 3 heterocycles. The van der Waals surface area contributed by atoms with Gasteiger partial charge in [0.25, 0.3) is 0 Å². The summed E-state index contributed by atoms with van der Waals surface area (Å²) in [4.78, 5) is 11.5. The molecule has 0 spiro atoms. The first-order valence-electron chi connectivity index (χ1n) is 4.38.